The monoisotopic (exact) mass is 528 g/mol. The lowest BCUT2D eigenvalue weighted by molar-refractivity contribution is -0.198. The second kappa shape index (κ2) is 10.3. The topological polar surface area (TPSA) is 140 Å². The summed E-state index contributed by atoms with van der Waals surface area (Å²) in [5.41, 5.74) is 6.33. The van der Waals surface area contributed by atoms with Gasteiger partial charge in [0.15, 0.2) is 0 Å². The van der Waals surface area contributed by atoms with E-state index in [-0.39, 0.29) is 23.8 Å². The van der Waals surface area contributed by atoms with Crippen molar-refractivity contribution in [2.24, 2.45) is 0 Å². The van der Waals surface area contributed by atoms with Crippen molar-refractivity contribution < 1.29 is 32.2 Å². The van der Waals surface area contributed by atoms with Crippen LogP contribution in [0.4, 0.5) is 23.5 Å². The maximum Gasteiger partial charge on any atom is 0.429 e. The minimum atomic E-state index is -4.97. The predicted octanol–water partition coefficient (Wildman–Crippen LogP) is 4.69. The third-order valence-corrected chi connectivity index (χ3v) is 5.39. The number of carbonyl (C=O) groups is 1. The third-order valence-electron chi connectivity index (χ3n) is 5.39. The highest BCUT2D eigenvalue weighted by molar-refractivity contribution is 6.34. The van der Waals surface area contributed by atoms with E-state index in [2.05, 4.69) is 15.1 Å². The zero-order valence-corrected chi connectivity index (χ0v) is 19.7. The van der Waals surface area contributed by atoms with Crippen molar-refractivity contribution in [3.8, 4) is 22.8 Å². The number of aliphatic carboxylic acids is 1. The number of nitrogens with two attached hydrogens (primary N) is 1. The van der Waals surface area contributed by atoms with Crippen molar-refractivity contribution in [3.05, 3.63) is 83.4 Å². The van der Waals surface area contributed by atoms with Crippen LogP contribution in [0.25, 0.3) is 16.9 Å². The van der Waals surface area contributed by atoms with Gasteiger partial charge in [-0.05, 0) is 36.8 Å². The van der Waals surface area contributed by atoms with Crippen LogP contribution in [0, 0.1) is 18.2 Å². The van der Waals surface area contributed by atoms with E-state index in [0.29, 0.717) is 16.8 Å². The zero-order valence-electron chi connectivity index (χ0n) is 19.7. The smallest absolute Gasteiger partial charge is 0.429 e. The molecule has 9 nitrogen and oxygen atoms in total. The molecular formula is C25H20F4N6O3. The molecule has 0 aliphatic heterocycles. The minimum absolute atomic E-state index is 0.0356. The van der Waals surface area contributed by atoms with Crippen LogP contribution in [0.1, 0.15) is 22.9 Å². The van der Waals surface area contributed by atoms with Gasteiger partial charge in [-0.25, -0.2) is 18.9 Å². The Morgan fingerprint density at radius 2 is 1.84 bits per heavy atom. The number of carboxylic acids is 1. The van der Waals surface area contributed by atoms with Crippen molar-refractivity contribution in [2.75, 3.05) is 5.73 Å². The number of rotatable bonds is 8. The molecule has 1 atom stereocenters. The molecule has 2 heterocycles. The number of benzene rings is 2. The number of nitrogens with one attached hydrogen (secondary N) is 1. The molecule has 0 bridgehead atoms. The summed E-state index contributed by atoms with van der Waals surface area (Å²) in [7, 11) is 0. The molecule has 0 aliphatic carbocycles. The van der Waals surface area contributed by atoms with Crippen LogP contribution >= 0.6 is 0 Å². The van der Waals surface area contributed by atoms with Crippen LogP contribution in [0.2, 0.25) is 0 Å². The van der Waals surface area contributed by atoms with E-state index >= 15 is 0 Å². The molecule has 0 radical (unpaired) electrons. The Bertz CT molecular complexity index is 1500. The van der Waals surface area contributed by atoms with Gasteiger partial charge in [-0.15, -0.1) is 0 Å². The van der Waals surface area contributed by atoms with E-state index < -0.39 is 41.2 Å². The molecule has 2 aromatic carbocycles. The first kappa shape index (κ1) is 26.3. The number of alkyl halides is 3. The lowest BCUT2D eigenvalue weighted by atomic mass is 10.0. The van der Waals surface area contributed by atoms with Gasteiger partial charge in [0.1, 0.15) is 11.5 Å². The largest absolute Gasteiger partial charge is 0.477 e. The summed E-state index contributed by atoms with van der Waals surface area (Å²) in [6.07, 6.45) is -6.26. The number of aromatic nitrogens is 4. The van der Waals surface area contributed by atoms with Crippen molar-refractivity contribution in [1.82, 2.24) is 19.7 Å². The molecule has 0 saturated heterocycles. The molecule has 2 aromatic heterocycles. The molecule has 0 spiro atoms. The summed E-state index contributed by atoms with van der Waals surface area (Å²) < 4.78 is 63.3. The van der Waals surface area contributed by atoms with E-state index in [0.717, 1.165) is 18.2 Å². The Hall–Kier alpha value is -4.81. The number of aryl methyl sites for hydroxylation is 1. The van der Waals surface area contributed by atoms with E-state index in [4.69, 9.17) is 21.0 Å². The highest BCUT2D eigenvalue weighted by atomic mass is 19.4. The summed E-state index contributed by atoms with van der Waals surface area (Å²) in [6.45, 7) is 1.66. The molecule has 38 heavy (non-hydrogen) atoms. The first-order valence-electron chi connectivity index (χ1n) is 11.0. The lowest BCUT2D eigenvalue weighted by Gasteiger charge is -2.24. The van der Waals surface area contributed by atoms with Crippen LogP contribution in [0.5, 0.6) is 5.88 Å². The number of carboxylic acid groups (broad SMARTS) is 1. The lowest BCUT2D eigenvalue weighted by Crippen LogP contribution is -2.28. The molecule has 0 amide bonds. The summed E-state index contributed by atoms with van der Waals surface area (Å²) >= 11 is 0. The molecule has 4 N–H and O–H groups in total. The van der Waals surface area contributed by atoms with Crippen molar-refractivity contribution in [2.45, 2.75) is 25.6 Å². The molecule has 0 saturated carbocycles. The average molecular weight is 528 g/mol. The SMILES string of the molecule is Cc1ccn(-c2ccc(F)cc2[C@@H](Oc2cc(-c3ccc(CC(=N)C(=O)O)cc3)nc(N)n2)C(F)(F)F)n1. The first-order valence-corrected chi connectivity index (χ1v) is 11.0. The predicted molar refractivity (Wildman–Crippen MR) is 129 cm³/mol. The van der Waals surface area contributed by atoms with Gasteiger partial charge < -0.3 is 15.6 Å². The Morgan fingerprint density at radius 1 is 1.13 bits per heavy atom. The number of nitrogens with zero attached hydrogens (tertiary/aromatic N) is 4. The van der Waals surface area contributed by atoms with Gasteiger partial charge in [0.05, 0.1) is 17.1 Å². The summed E-state index contributed by atoms with van der Waals surface area (Å²) in [6, 6.07) is 11.8. The number of nitrogen functional groups attached to an aromatic ring is 1. The number of anilines is 1. The van der Waals surface area contributed by atoms with E-state index in [1.807, 2.05) is 0 Å². The molecule has 0 aliphatic rings. The Kier molecular flexibility index (Phi) is 7.10. The number of hydrogen-bond acceptors (Lipinski definition) is 7. The van der Waals surface area contributed by atoms with Crippen LogP contribution in [0.3, 0.4) is 0 Å². The van der Waals surface area contributed by atoms with Gasteiger partial charge in [-0.3, -0.25) is 5.41 Å². The maximum atomic E-state index is 14.2. The maximum absolute atomic E-state index is 14.2. The standard InChI is InChI=1S/C25H20F4N6O3/c1-13-8-9-35(34-13)20-7-6-16(26)11-17(20)22(25(27,28)29)38-21-12-19(32-24(31)33-21)15-4-2-14(3-5-15)10-18(30)23(36)37/h2-9,11-12,22,30H,10H2,1H3,(H,36,37)(H2,31,32,33)/t22-/m1/s1. The van der Waals surface area contributed by atoms with Gasteiger partial charge in [0.25, 0.3) is 0 Å². The number of ether oxygens (including phenoxy) is 1. The molecule has 196 valence electrons. The Labute approximate surface area is 213 Å². The molecule has 4 aromatic rings. The number of hydrogen-bond donors (Lipinski definition) is 3. The Balaban J connectivity index is 1.69. The van der Waals surface area contributed by atoms with Crippen molar-refractivity contribution in [3.63, 3.8) is 0 Å². The van der Waals surface area contributed by atoms with Gasteiger partial charge >= 0.3 is 12.1 Å². The third kappa shape index (κ3) is 5.94. The van der Waals surface area contributed by atoms with Gasteiger partial charge in [0.2, 0.25) is 17.9 Å². The van der Waals surface area contributed by atoms with E-state index in [9.17, 15) is 22.4 Å². The van der Waals surface area contributed by atoms with Crippen LogP contribution < -0.4 is 10.5 Å². The van der Waals surface area contributed by atoms with Crippen LogP contribution in [-0.4, -0.2) is 42.7 Å². The quantitative estimate of drug-likeness (QED) is 0.223. The summed E-state index contributed by atoms with van der Waals surface area (Å²) in [5, 5.41) is 20.4. The van der Waals surface area contributed by atoms with E-state index in [1.165, 1.54) is 16.9 Å². The Morgan fingerprint density at radius 3 is 2.45 bits per heavy atom. The second-order valence-electron chi connectivity index (χ2n) is 8.25. The zero-order chi connectivity index (χ0) is 27.6. The molecule has 13 heteroatoms. The molecule has 4 rings (SSSR count). The fourth-order valence-electron chi connectivity index (χ4n) is 3.64. The van der Waals surface area contributed by atoms with E-state index in [1.54, 1.807) is 37.3 Å². The molecule has 0 fully saturated rings. The first-order chi connectivity index (χ1) is 17.9. The highest BCUT2D eigenvalue weighted by Gasteiger charge is 2.45. The van der Waals surface area contributed by atoms with Crippen LogP contribution in [0.15, 0.2) is 60.8 Å². The van der Waals surface area contributed by atoms with Crippen LogP contribution in [-0.2, 0) is 11.2 Å². The molecule has 0 unspecified atom stereocenters. The molecular weight excluding hydrogens is 508 g/mol. The number of halogens is 4. The van der Waals surface area contributed by atoms with Gasteiger partial charge in [0, 0.05) is 29.8 Å². The fraction of sp³-hybridized carbons (Fsp3) is 0.160. The summed E-state index contributed by atoms with van der Waals surface area (Å²) in [4.78, 5) is 18.7. The minimum Gasteiger partial charge on any atom is -0.477 e. The van der Waals surface area contributed by atoms with Gasteiger partial charge in [-0.1, -0.05) is 24.3 Å². The second-order valence-corrected chi connectivity index (χ2v) is 8.25. The normalized spacial score (nSPS) is 12.2. The van der Waals surface area contributed by atoms with Crippen molar-refractivity contribution >= 4 is 17.6 Å². The highest BCUT2D eigenvalue weighted by Crippen LogP contribution is 2.39. The average Bonchev–Trinajstić information content (AvgIpc) is 3.27. The van der Waals surface area contributed by atoms with Crippen molar-refractivity contribution in [1.29, 1.82) is 5.41 Å². The fourth-order valence-corrected chi connectivity index (χ4v) is 3.64. The van der Waals surface area contributed by atoms with Gasteiger partial charge in [-0.2, -0.15) is 23.3 Å². The summed E-state index contributed by atoms with van der Waals surface area (Å²) in [5.74, 6) is -3.11.